The molecule has 7 heteroatoms. The minimum Gasteiger partial charge on any atom is -0.316 e. The van der Waals surface area contributed by atoms with E-state index in [1.165, 1.54) is 43.6 Å². The summed E-state index contributed by atoms with van der Waals surface area (Å²) < 4.78 is 1.52. The van der Waals surface area contributed by atoms with Gasteiger partial charge < -0.3 is 5.32 Å². The zero-order valence-electron chi connectivity index (χ0n) is 16.5. The average molecular weight is 390 g/mol. The molecule has 6 rings (SSSR count). The van der Waals surface area contributed by atoms with Crippen molar-refractivity contribution in [2.45, 2.75) is 37.6 Å². The lowest BCUT2D eigenvalue weighted by atomic mass is 9.61. The van der Waals surface area contributed by atoms with Crippen molar-refractivity contribution in [2.75, 3.05) is 26.2 Å². The van der Waals surface area contributed by atoms with Gasteiger partial charge in [-0.1, -0.05) is 12.1 Å². The van der Waals surface area contributed by atoms with Crippen molar-refractivity contribution in [3.8, 4) is 5.69 Å². The van der Waals surface area contributed by atoms with Crippen molar-refractivity contribution in [2.24, 2.45) is 5.41 Å². The van der Waals surface area contributed by atoms with E-state index in [0.29, 0.717) is 17.4 Å². The molecule has 4 heterocycles. The Balaban J connectivity index is 1.26. The summed E-state index contributed by atoms with van der Waals surface area (Å²) in [4.78, 5) is 22.6. The number of pyridine rings is 1. The average Bonchev–Trinajstić information content (AvgIpc) is 3.07. The zero-order valence-corrected chi connectivity index (χ0v) is 16.5. The minimum atomic E-state index is -0.162. The van der Waals surface area contributed by atoms with Gasteiger partial charge in [-0.2, -0.15) is 4.68 Å². The summed E-state index contributed by atoms with van der Waals surface area (Å²) in [7, 11) is 0. The van der Waals surface area contributed by atoms with E-state index in [0.717, 1.165) is 35.2 Å². The highest BCUT2D eigenvalue weighted by Gasteiger charge is 2.50. The Morgan fingerprint density at radius 2 is 2.07 bits per heavy atom. The Morgan fingerprint density at radius 1 is 1.17 bits per heavy atom. The summed E-state index contributed by atoms with van der Waals surface area (Å²) in [6, 6.07) is 8.55. The predicted molar refractivity (Wildman–Crippen MR) is 111 cm³/mol. The molecule has 7 nitrogen and oxygen atoms in total. The van der Waals surface area contributed by atoms with Gasteiger partial charge in [-0.15, -0.1) is 5.10 Å². The van der Waals surface area contributed by atoms with E-state index in [1.54, 1.807) is 6.20 Å². The van der Waals surface area contributed by atoms with Crippen molar-refractivity contribution >= 4 is 10.8 Å². The smallest absolute Gasteiger partial charge is 0.316 e. The highest BCUT2D eigenvalue weighted by molar-refractivity contribution is 5.89. The van der Waals surface area contributed by atoms with E-state index in [4.69, 9.17) is 5.10 Å². The number of rotatable bonds is 3. The van der Waals surface area contributed by atoms with Gasteiger partial charge in [-0.05, 0) is 49.8 Å². The molecule has 150 valence electrons. The first-order chi connectivity index (χ1) is 14.2. The Hall–Kier alpha value is -2.51. The first-order valence-corrected chi connectivity index (χ1v) is 10.7. The van der Waals surface area contributed by atoms with Crippen molar-refractivity contribution in [3.63, 3.8) is 0 Å². The quantitative estimate of drug-likeness (QED) is 0.716. The largest absolute Gasteiger partial charge is 0.348 e. The third-order valence-corrected chi connectivity index (χ3v) is 7.21. The molecule has 0 radical (unpaired) electrons. The second kappa shape index (κ2) is 6.50. The Kier molecular flexibility index (Phi) is 3.89. The number of hydrogen-bond acceptors (Lipinski definition) is 5. The molecule has 0 unspecified atom stereocenters. The molecular weight excluding hydrogens is 364 g/mol. The van der Waals surface area contributed by atoms with Crippen LogP contribution in [-0.2, 0) is 0 Å². The predicted octanol–water partition coefficient (Wildman–Crippen LogP) is 2.04. The normalized spacial score (nSPS) is 24.5. The Morgan fingerprint density at radius 3 is 2.90 bits per heavy atom. The number of likely N-dealkylation sites (tertiary alicyclic amines) is 1. The highest BCUT2D eigenvalue weighted by Crippen LogP contribution is 2.47. The van der Waals surface area contributed by atoms with Gasteiger partial charge in [0.1, 0.15) is 5.82 Å². The van der Waals surface area contributed by atoms with Crippen LogP contribution in [0.3, 0.4) is 0 Å². The number of nitrogens with one attached hydrogen (secondary N) is 2. The van der Waals surface area contributed by atoms with Crippen molar-refractivity contribution in [3.05, 3.63) is 53.0 Å². The number of H-pyrrole nitrogens is 1. The van der Waals surface area contributed by atoms with Crippen LogP contribution in [0.25, 0.3) is 16.5 Å². The minimum absolute atomic E-state index is 0.162. The fourth-order valence-electron chi connectivity index (χ4n) is 5.50. The van der Waals surface area contributed by atoms with Crippen LogP contribution in [0.15, 0.2) is 41.5 Å². The molecule has 3 fully saturated rings. The van der Waals surface area contributed by atoms with Crippen molar-refractivity contribution < 1.29 is 0 Å². The van der Waals surface area contributed by atoms with Crippen molar-refractivity contribution in [1.29, 1.82) is 0 Å². The van der Waals surface area contributed by atoms with Gasteiger partial charge in [0.2, 0.25) is 0 Å². The molecular formula is C22H26N6O. The van der Waals surface area contributed by atoms with Crippen LogP contribution >= 0.6 is 0 Å². The van der Waals surface area contributed by atoms with E-state index in [9.17, 15) is 4.79 Å². The van der Waals surface area contributed by atoms with Crippen LogP contribution in [0.4, 0.5) is 0 Å². The fraction of sp³-hybridized carbons (Fsp3) is 0.500. The third kappa shape index (κ3) is 2.83. The van der Waals surface area contributed by atoms with E-state index in [1.807, 2.05) is 30.5 Å². The van der Waals surface area contributed by atoms with Gasteiger partial charge >= 0.3 is 5.69 Å². The van der Waals surface area contributed by atoms with E-state index in [2.05, 4.69) is 20.2 Å². The van der Waals surface area contributed by atoms with Gasteiger partial charge in [0, 0.05) is 54.8 Å². The summed E-state index contributed by atoms with van der Waals surface area (Å²) >= 11 is 0. The molecule has 1 saturated carbocycles. The van der Waals surface area contributed by atoms with E-state index in [-0.39, 0.29) is 5.69 Å². The van der Waals surface area contributed by atoms with Crippen LogP contribution < -0.4 is 11.0 Å². The van der Waals surface area contributed by atoms with Gasteiger partial charge in [0.25, 0.3) is 0 Å². The number of aromatic nitrogens is 4. The fourth-order valence-corrected chi connectivity index (χ4v) is 5.50. The van der Waals surface area contributed by atoms with Crippen LogP contribution in [0, 0.1) is 5.41 Å². The standard InChI is InChI=1S/C22H26N6O/c29-21-25-20(26-28(21)19-5-1-3-15-11-23-7-6-18(15)19)16-4-2-8-27(12-16)17-9-22(10-17)13-24-14-22/h1,3,5-7,11,16-17,24H,2,4,8-10,12-14H2,(H,25,26,29)/t16-/m0/s1. The van der Waals surface area contributed by atoms with Gasteiger partial charge in [0.05, 0.1) is 5.69 Å². The maximum Gasteiger partial charge on any atom is 0.348 e. The zero-order chi connectivity index (χ0) is 19.4. The maximum atomic E-state index is 12.7. The lowest BCUT2D eigenvalue weighted by Crippen LogP contribution is -2.65. The molecule has 29 heavy (non-hydrogen) atoms. The topological polar surface area (TPSA) is 78.8 Å². The van der Waals surface area contributed by atoms with Gasteiger partial charge in [-0.3, -0.25) is 14.9 Å². The highest BCUT2D eigenvalue weighted by atomic mass is 16.1. The Bertz CT molecular complexity index is 1100. The van der Waals surface area contributed by atoms with Crippen molar-refractivity contribution in [1.82, 2.24) is 30.0 Å². The first-order valence-electron chi connectivity index (χ1n) is 10.7. The molecule has 2 aliphatic heterocycles. The van der Waals surface area contributed by atoms with Crippen LogP contribution in [0.5, 0.6) is 0 Å². The molecule has 1 atom stereocenters. The summed E-state index contributed by atoms with van der Waals surface area (Å²) in [6.45, 7) is 4.56. The molecule has 0 amide bonds. The number of benzene rings is 1. The van der Waals surface area contributed by atoms with Crippen LogP contribution in [0.2, 0.25) is 0 Å². The van der Waals surface area contributed by atoms with Crippen LogP contribution in [0.1, 0.15) is 37.4 Å². The Labute approximate surface area is 169 Å². The summed E-state index contributed by atoms with van der Waals surface area (Å²) in [5.74, 6) is 1.12. The monoisotopic (exact) mass is 390 g/mol. The lowest BCUT2D eigenvalue weighted by molar-refractivity contribution is -0.0446. The van der Waals surface area contributed by atoms with E-state index >= 15 is 0 Å². The second-order valence-corrected chi connectivity index (χ2v) is 9.10. The molecule has 1 spiro atoms. The molecule has 2 aromatic heterocycles. The van der Waals surface area contributed by atoms with Crippen LogP contribution in [-0.4, -0.2) is 56.9 Å². The lowest BCUT2D eigenvalue weighted by Gasteiger charge is -2.58. The number of hydrogen-bond donors (Lipinski definition) is 2. The molecule has 3 aromatic rings. The molecule has 1 aliphatic carbocycles. The number of piperidine rings is 1. The van der Waals surface area contributed by atoms with Gasteiger partial charge in [-0.25, -0.2) is 4.79 Å². The summed E-state index contributed by atoms with van der Waals surface area (Å²) in [5.41, 5.74) is 1.24. The first kappa shape index (κ1) is 17.4. The molecule has 3 aliphatic rings. The molecule has 1 aromatic carbocycles. The molecule has 0 bridgehead atoms. The summed E-state index contributed by atoms with van der Waals surface area (Å²) in [6.07, 6.45) is 8.47. The van der Waals surface area contributed by atoms with E-state index < -0.39 is 0 Å². The number of aromatic amines is 1. The molecule has 2 saturated heterocycles. The number of fused-ring (bicyclic) bond motifs is 1. The maximum absolute atomic E-state index is 12.7. The third-order valence-electron chi connectivity index (χ3n) is 7.21. The summed E-state index contributed by atoms with van der Waals surface area (Å²) in [5, 5.41) is 10.2. The van der Waals surface area contributed by atoms with Gasteiger partial charge in [0.15, 0.2) is 0 Å². The second-order valence-electron chi connectivity index (χ2n) is 9.10. The molecule has 2 N–H and O–H groups in total. The number of nitrogens with zero attached hydrogens (tertiary/aromatic N) is 4. The SMILES string of the molecule is O=c1[nH]c([C@H]2CCCN(C3CC4(CNC4)C3)C2)nn1-c1cccc2cnccc12.